The van der Waals surface area contributed by atoms with Crippen molar-refractivity contribution in [1.82, 2.24) is 10.2 Å². The molecule has 0 spiro atoms. The molecule has 1 atom stereocenters. The van der Waals surface area contributed by atoms with Crippen molar-refractivity contribution in [3.63, 3.8) is 0 Å². The van der Waals surface area contributed by atoms with Gasteiger partial charge in [0.05, 0.1) is 17.7 Å². The number of nitrogens with one attached hydrogen (secondary N) is 1. The fourth-order valence-electron chi connectivity index (χ4n) is 2.37. The largest absolute Gasteiger partial charge is 0.495 e. The summed E-state index contributed by atoms with van der Waals surface area (Å²) in [6.07, 6.45) is 0.368. The molecule has 1 heterocycles. The van der Waals surface area contributed by atoms with Gasteiger partial charge in [0.15, 0.2) is 6.10 Å². The van der Waals surface area contributed by atoms with Crippen molar-refractivity contribution < 1.29 is 23.6 Å². The van der Waals surface area contributed by atoms with Crippen LogP contribution in [0.5, 0.6) is 11.5 Å². The predicted molar refractivity (Wildman–Crippen MR) is 98.1 cm³/mol. The Bertz CT molecular complexity index is 972. The molecule has 0 aliphatic heterocycles. The molecular formula is C18H16N4O6. The van der Waals surface area contributed by atoms with Gasteiger partial charge in [0, 0.05) is 17.7 Å². The number of carbonyl (C=O) groups excluding carboxylic acids is 1. The maximum absolute atomic E-state index is 12.4. The summed E-state index contributed by atoms with van der Waals surface area (Å²) in [6, 6.07) is 10.7. The summed E-state index contributed by atoms with van der Waals surface area (Å²) in [5.74, 6) is 0.641. The fraction of sp³-hybridized carbons (Fsp3) is 0.167. The Hall–Kier alpha value is -3.95. The number of nitro benzene ring substituents is 1. The first-order chi connectivity index (χ1) is 13.5. The molecule has 0 unspecified atom stereocenters. The number of nitrogens with zero attached hydrogens (tertiary/aromatic N) is 3. The van der Waals surface area contributed by atoms with Crippen LogP contribution in [0.4, 0.5) is 11.4 Å². The van der Waals surface area contributed by atoms with Gasteiger partial charge in [0.1, 0.15) is 11.5 Å². The highest BCUT2D eigenvalue weighted by Crippen LogP contribution is 2.29. The second kappa shape index (κ2) is 8.16. The lowest BCUT2D eigenvalue weighted by atomic mass is 10.2. The molecule has 1 N–H and O–H groups in total. The van der Waals surface area contributed by atoms with E-state index in [1.807, 2.05) is 0 Å². The van der Waals surface area contributed by atoms with Crippen LogP contribution in [0.2, 0.25) is 0 Å². The second-order valence-corrected chi connectivity index (χ2v) is 5.66. The van der Waals surface area contributed by atoms with Crippen LogP contribution >= 0.6 is 0 Å². The first-order valence-corrected chi connectivity index (χ1v) is 8.14. The average molecular weight is 384 g/mol. The van der Waals surface area contributed by atoms with Crippen molar-refractivity contribution in [1.29, 1.82) is 0 Å². The maximum atomic E-state index is 12.4. The lowest BCUT2D eigenvalue weighted by molar-refractivity contribution is -0.384. The number of hydrogen-bond acceptors (Lipinski definition) is 8. The molecule has 0 saturated heterocycles. The molecule has 3 rings (SSSR count). The summed E-state index contributed by atoms with van der Waals surface area (Å²) in [4.78, 5) is 22.8. The summed E-state index contributed by atoms with van der Waals surface area (Å²) in [6.45, 7) is 1.56. The van der Waals surface area contributed by atoms with E-state index in [0.29, 0.717) is 23.0 Å². The number of hydrogen-bond donors (Lipinski definition) is 1. The monoisotopic (exact) mass is 384 g/mol. The van der Waals surface area contributed by atoms with Crippen molar-refractivity contribution in [2.45, 2.75) is 13.0 Å². The van der Waals surface area contributed by atoms with Gasteiger partial charge in [0.2, 0.25) is 12.3 Å². The predicted octanol–water partition coefficient (Wildman–Crippen LogP) is 3.06. The van der Waals surface area contributed by atoms with Gasteiger partial charge in [-0.25, -0.2) is 0 Å². The van der Waals surface area contributed by atoms with E-state index < -0.39 is 16.9 Å². The first kappa shape index (κ1) is 18.8. The molecule has 0 fully saturated rings. The molecule has 0 aliphatic carbocycles. The molecule has 0 saturated carbocycles. The van der Waals surface area contributed by atoms with Crippen molar-refractivity contribution in [2.75, 3.05) is 12.4 Å². The number of carbonyl (C=O) groups is 1. The highest BCUT2D eigenvalue weighted by Gasteiger charge is 2.19. The van der Waals surface area contributed by atoms with Gasteiger partial charge >= 0.3 is 0 Å². The molecule has 144 valence electrons. The minimum Gasteiger partial charge on any atom is -0.495 e. The third-order valence-corrected chi connectivity index (χ3v) is 3.80. The first-order valence-electron chi connectivity index (χ1n) is 8.14. The summed E-state index contributed by atoms with van der Waals surface area (Å²) < 4.78 is 15.9. The summed E-state index contributed by atoms with van der Waals surface area (Å²) in [5, 5.41) is 20.9. The minimum absolute atomic E-state index is 0.165. The Morgan fingerprint density at radius 1 is 1.25 bits per heavy atom. The van der Waals surface area contributed by atoms with Crippen LogP contribution in [0.1, 0.15) is 6.92 Å². The van der Waals surface area contributed by atoms with Gasteiger partial charge in [-0.2, -0.15) is 0 Å². The van der Waals surface area contributed by atoms with Crippen LogP contribution in [0.3, 0.4) is 0 Å². The van der Waals surface area contributed by atoms with E-state index in [1.54, 1.807) is 31.2 Å². The fourth-order valence-corrected chi connectivity index (χ4v) is 2.37. The molecule has 10 nitrogen and oxygen atoms in total. The summed E-state index contributed by atoms with van der Waals surface area (Å²) in [7, 11) is 1.40. The summed E-state index contributed by atoms with van der Waals surface area (Å²) in [5.41, 5.74) is 0.730. The van der Waals surface area contributed by atoms with E-state index in [2.05, 4.69) is 15.5 Å². The molecule has 0 bridgehead atoms. The highest BCUT2D eigenvalue weighted by atomic mass is 16.6. The number of anilines is 1. The molecule has 10 heteroatoms. The quantitative estimate of drug-likeness (QED) is 0.486. The number of benzene rings is 2. The summed E-state index contributed by atoms with van der Waals surface area (Å²) >= 11 is 0. The Morgan fingerprint density at radius 2 is 2.00 bits per heavy atom. The third-order valence-electron chi connectivity index (χ3n) is 3.80. The lowest BCUT2D eigenvalue weighted by Gasteiger charge is -2.16. The zero-order valence-corrected chi connectivity index (χ0v) is 15.0. The van der Waals surface area contributed by atoms with Crippen LogP contribution in [0.15, 0.2) is 53.3 Å². The van der Waals surface area contributed by atoms with Gasteiger partial charge in [-0.05, 0) is 37.3 Å². The molecular weight excluding hydrogens is 368 g/mol. The number of ether oxygens (including phenoxy) is 2. The lowest BCUT2D eigenvalue weighted by Crippen LogP contribution is -2.30. The number of aromatic nitrogens is 2. The SMILES string of the molecule is COc1ccc([N+](=O)[O-])cc1NC(=O)[C@@H](C)Oc1ccc(-c2nnco2)cc1. The number of non-ortho nitro benzene ring substituents is 1. The van der Waals surface area contributed by atoms with E-state index in [0.717, 1.165) is 0 Å². The van der Waals surface area contributed by atoms with Crippen LogP contribution in [-0.2, 0) is 4.79 Å². The number of nitro groups is 1. The van der Waals surface area contributed by atoms with Gasteiger partial charge in [-0.1, -0.05) is 0 Å². The molecule has 3 aromatic rings. The Balaban J connectivity index is 1.68. The Kier molecular flexibility index (Phi) is 5.49. The zero-order valence-electron chi connectivity index (χ0n) is 15.0. The maximum Gasteiger partial charge on any atom is 0.271 e. The van der Waals surface area contributed by atoms with Crippen molar-refractivity contribution in [3.05, 3.63) is 59.0 Å². The second-order valence-electron chi connectivity index (χ2n) is 5.66. The van der Waals surface area contributed by atoms with Crippen LogP contribution in [0.25, 0.3) is 11.5 Å². The minimum atomic E-state index is -0.863. The Morgan fingerprint density at radius 3 is 2.61 bits per heavy atom. The normalized spacial score (nSPS) is 11.5. The van der Waals surface area contributed by atoms with Crippen molar-refractivity contribution in [2.24, 2.45) is 0 Å². The van der Waals surface area contributed by atoms with E-state index in [9.17, 15) is 14.9 Å². The van der Waals surface area contributed by atoms with Gasteiger partial charge in [0.25, 0.3) is 11.6 Å². The smallest absolute Gasteiger partial charge is 0.271 e. The highest BCUT2D eigenvalue weighted by molar-refractivity contribution is 5.95. The zero-order chi connectivity index (χ0) is 20.1. The standard InChI is InChI=1S/C18H16N4O6/c1-11(28-14-6-3-12(4-7-14)18-21-19-10-27-18)17(23)20-15-9-13(22(24)25)5-8-16(15)26-2/h3-11H,1-2H3,(H,20,23)/t11-/m1/s1. The van der Waals surface area contributed by atoms with Crippen molar-refractivity contribution >= 4 is 17.3 Å². The molecule has 0 aliphatic rings. The van der Waals surface area contributed by atoms with Gasteiger partial charge < -0.3 is 19.2 Å². The molecule has 1 amide bonds. The van der Waals surface area contributed by atoms with E-state index in [4.69, 9.17) is 13.9 Å². The topological polar surface area (TPSA) is 130 Å². The molecule has 2 aromatic carbocycles. The number of amides is 1. The third kappa shape index (κ3) is 4.23. The van der Waals surface area contributed by atoms with Crippen molar-refractivity contribution in [3.8, 4) is 23.0 Å². The van der Waals surface area contributed by atoms with Gasteiger partial charge in [-0.15, -0.1) is 10.2 Å². The number of rotatable bonds is 7. The van der Waals surface area contributed by atoms with E-state index >= 15 is 0 Å². The van der Waals surface area contributed by atoms with E-state index in [1.165, 1.54) is 31.7 Å². The van der Waals surface area contributed by atoms with Crippen LogP contribution in [-0.4, -0.2) is 34.2 Å². The number of methoxy groups -OCH3 is 1. The molecule has 0 radical (unpaired) electrons. The molecule has 1 aromatic heterocycles. The van der Waals surface area contributed by atoms with Crippen LogP contribution < -0.4 is 14.8 Å². The van der Waals surface area contributed by atoms with Crippen LogP contribution in [0, 0.1) is 10.1 Å². The average Bonchev–Trinajstić information content (AvgIpc) is 3.23. The molecule has 28 heavy (non-hydrogen) atoms. The van der Waals surface area contributed by atoms with E-state index in [-0.39, 0.29) is 11.4 Å². The van der Waals surface area contributed by atoms with Gasteiger partial charge in [-0.3, -0.25) is 14.9 Å². The Labute approximate surface area is 159 Å².